The lowest BCUT2D eigenvalue weighted by Crippen LogP contribution is -1.97. The van der Waals surface area contributed by atoms with E-state index in [2.05, 4.69) is 27.0 Å². The van der Waals surface area contributed by atoms with E-state index in [9.17, 15) is 0 Å². The van der Waals surface area contributed by atoms with E-state index in [1.54, 1.807) is 6.20 Å². The van der Waals surface area contributed by atoms with Gasteiger partial charge in [-0.25, -0.2) is 0 Å². The number of aromatic nitrogens is 1. The molecule has 2 rings (SSSR count). The molecule has 3 heteroatoms. The highest BCUT2D eigenvalue weighted by molar-refractivity contribution is 9.09. The molecule has 0 radical (unpaired) electrons. The Hall–Kier alpha value is -1.09. The minimum absolute atomic E-state index is 0.768. The number of nitrogens with zero attached hydrogens (tertiary/aromatic N) is 1. The fourth-order valence-corrected chi connectivity index (χ4v) is 1.92. The maximum Gasteiger partial charge on any atom is 0.121 e. The Morgan fingerprint density at radius 2 is 2.12 bits per heavy atom. The molecular weight excluding hydrogens is 266 g/mol. The molecule has 0 aliphatic rings. The van der Waals surface area contributed by atoms with Crippen LogP contribution in [-0.4, -0.2) is 16.9 Å². The highest BCUT2D eigenvalue weighted by Gasteiger charge is 1.97. The third-order valence-electron chi connectivity index (χ3n) is 2.37. The van der Waals surface area contributed by atoms with Crippen LogP contribution in [0, 0.1) is 0 Å². The number of rotatable bonds is 5. The van der Waals surface area contributed by atoms with Gasteiger partial charge in [-0.05, 0) is 31.0 Å². The van der Waals surface area contributed by atoms with Gasteiger partial charge >= 0.3 is 0 Å². The molecule has 0 amide bonds. The predicted octanol–water partition coefficient (Wildman–Crippen LogP) is 3.79. The van der Waals surface area contributed by atoms with Gasteiger partial charge in [-0.3, -0.25) is 4.98 Å². The molecule has 84 valence electrons. The van der Waals surface area contributed by atoms with E-state index < -0.39 is 0 Å². The first kappa shape index (κ1) is 11.4. The number of pyridine rings is 1. The summed E-state index contributed by atoms with van der Waals surface area (Å²) in [6.07, 6.45) is 4.02. The third-order valence-corrected chi connectivity index (χ3v) is 2.93. The molecule has 0 aliphatic heterocycles. The van der Waals surface area contributed by atoms with Crippen LogP contribution in [-0.2, 0) is 0 Å². The molecule has 0 saturated heterocycles. The van der Waals surface area contributed by atoms with Crippen LogP contribution >= 0.6 is 15.9 Å². The number of fused-ring (bicyclic) bond motifs is 1. The Bertz CT molecular complexity index is 458. The zero-order valence-corrected chi connectivity index (χ0v) is 10.6. The van der Waals surface area contributed by atoms with Crippen LogP contribution in [0.15, 0.2) is 36.5 Å². The van der Waals surface area contributed by atoms with Crippen molar-refractivity contribution in [3.8, 4) is 5.75 Å². The van der Waals surface area contributed by atoms with Crippen molar-refractivity contribution in [2.24, 2.45) is 0 Å². The lowest BCUT2D eigenvalue weighted by Gasteiger charge is -2.06. The average molecular weight is 280 g/mol. The van der Waals surface area contributed by atoms with Crippen molar-refractivity contribution in [2.45, 2.75) is 12.8 Å². The van der Waals surface area contributed by atoms with E-state index in [1.807, 2.05) is 24.3 Å². The monoisotopic (exact) mass is 279 g/mol. The van der Waals surface area contributed by atoms with Gasteiger partial charge in [0.05, 0.1) is 12.1 Å². The zero-order chi connectivity index (χ0) is 11.2. The first-order chi connectivity index (χ1) is 7.90. The molecule has 0 bridgehead atoms. The van der Waals surface area contributed by atoms with E-state index in [1.165, 1.54) is 0 Å². The van der Waals surface area contributed by atoms with E-state index in [-0.39, 0.29) is 0 Å². The molecule has 0 spiro atoms. The largest absolute Gasteiger partial charge is 0.494 e. The Kier molecular flexibility index (Phi) is 4.17. The SMILES string of the molecule is BrCCCCOc1ccc2cccnc2c1. The number of ether oxygens (including phenoxy) is 1. The van der Waals surface area contributed by atoms with E-state index in [0.29, 0.717) is 0 Å². The third kappa shape index (κ3) is 2.95. The second-order valence-electron chi connectivity index (χ2n) is 3.60. The van der Waals surface area contributed by atoms with Crippen LogP contribution in [0.25, 0.3) is 10.9 Å². The summed E-state index contributed by atoms with van der Waals surface area (Å²) in [5, 5.41) is 2.19. The second-order valence-corrected chi connectivity index (χ2v) is 4.40. The van der Waals surface area contributed by atoms with Crippen molar-refractivity contribution in [3.05, 3.63) is 36.5 Å². The van der Waals surface area contributed by atoms with E-state index in [4.69, 9.17) is 4.74 Å². The maximum atomic E-state index is 5.66. The summed E-state index contributed by atoms with van der Waals surface area (Å²) < 4.78 is 5.66. The fourth-order valence-electron chi connectivity index (χ4n) is 1.52. The van der Waals surface area contributed by atoms with Gasteiger partial charge in [-0.1, -0.05) is 22.0 Å². The first-order valence-corrected chi connectivity index (χ1v) is 6.56. The molecule has 0 aliphatic carbocycles. The highest BCUT2D eigenvalue weighted by atomic mass is 79.9. The van der Waals surface area contributed by atoms with Gasteiger partial charge in [0, 0.05) is 23.0 Å². The average Bonchev–Trinajstić information content (AvgIpc) is 2.34. The van der Waals surface area contributed by atoms with Crippen molar-refractivity contribution in [3.63, 3.8) is 0 Å². The van der Waals surface area contributed by atoms with E-state index >= 15 is 0 Å². The number of hydrogen-bond donors (Lipinski definition) is 0. The molecule has 1 aromatic heterocycles. The second kappa shape index (κ2) is 5.85. The Morgan fingerprint density at radius 1 is 1.19 bits per heavy atom. The summed E-state index contributed by atoms with van der Waals surface area (Å²) in [5.74, 6) is 0.903. The smallest absolute Gasteiger partial charge is 0.121 e. The van der Waals surface area contributed by atoms with Crippen LogP contribution < -0.4 is 4.74 Å². The van der Waals surface area contributed by atoms with Gasteiger partial charge in [-0.2, -0.15) is 0 Å². The number of benzene rings is 1. The lowest BCUT2D eigenvalue weighted by molar-refractivity contribution is 0.310. The minimum atomic E-state index is 0.768. The standard InChI is InChI=1S/C13H14BrNO/c14-7-1-2-9-16-12-6-5-11-4-3-8-15-13(11)10-12/h3-6,8,10H,1-2,7,9H2. The fraction of sp³-hybridized carbons (Fsp3) is 0.308. The summed E-state index contributed by atoms with van der Waals surface area (Å²) in [5.41, 5.74) is 0.987. The van der Waals surface area contributed by atoms with Crippen molar-refractivity contribution < 1.29 is 4.74 Å². The highest BCUT2D eigenvalue weighted by Crippen LogP contribution is 2.18. The van der Waals surface area contributed by atoms with Gasteiger partial charge in [0.1, 0.15) is 5.75 Å². The molecule has 2 nitrogen and oxygen atoms in total. The number of halogens is 1. The van der Waals surface area contributed by atoms with Gasteiger partial charge in [0.25, 0.3) is 0 Å². The van der Waals surface area contributed by atoms with Crippen molar-refractivity contribution in [2.75, 3.05) is 11.9 Å². The Balaban J connectivity index is 2.02. The molecule has 0 saturated carbocycles. The van der Waals surface area contributed by atoms with Crippen LogP contribution in [0.1, 0.15) is 12.8 Å². The molecular formula is C13H14BrNO. The molecule has 1 aromatic carbocycles. The molecule has 16 heavy (non-hydrogen) atoms. The van der Waals surface area contributed by atoms with Crippen LogP contribution in [0.2, 0.25) is 0 Å². The summed E-state index contributed by atoms with van der Waals surface area (Å²) >= 11 is 3.40. The van der Waals surface area contributed by atoms with Gasteiger partial charge in [0.15, 0.2) is 0 Å². The molecule has 0 fully saturated rings. The van der Waals surface area contributed by atoms with Crippen LogP contribution in [0.4, 0.5) is 0 Å². The molecule has 0 N–H and O–H groups in total. The van der Waals surface area contributed by atoms with E-state index in [0.717, 1.165) is 41.4 Å². The molecule has 1 heterocycles. The molecule has 2 aromatic rings. The Morgan fingerprint density at radius 3 is 3.00 bits per heavy atom. The maximum absolute atomic E-state index is 5.66. The molecule has 0 unspecified atom stereocenters. The normalized spacial score (nSPS) is 10.6. The predicted molar refractivity (Wildman–Crippen MR) is 70.3 cm³/mol. The minimum Gasteiger partial charge on any atom is -0.494 e. The van der Waals surface area contributed by atoms with Gasteiger partial charge < -0.3 is 4.74 Å². The van der Waals surface area contributed by atoms with Crippen molar-refractivity contribution in [1.29, 1.82) is 0 Å². The summed E-state index contributed by atoms with van der Waals surface area (Å²) in [7, 11) is 0. The number of unbranched alkanes of at least 4 members (excludes halogenated alkanes) is 1. The quantitative estimate of drug-likeness (QED) is 0.614. The lowest BCUT2D eigenvalue weighted by atomic mass is 10.2. The number of hydrogen-bond acceptors (Lipinski definition) is 2. The summed E-state index contributed by atoms with van der Waals surface area (Å²) in [4.78, 5) is 4.30. The summed E-state index contributed by atoms with van der Waals surface area (Å²) in [6.45, 7) is 0.768. The number of alkyl halides is 1. The zero-order valence-electron chi connectivity index (χ0n) is 9.03. The summed E-state index contributed by atoms with van der Waals surface area (Å²) in [6, 6.07) is 10.0. The van der Waals surface area contributed by atoms with Crippen molar-refractivity contribution in [1.82, 2.24) is 4.98 Å². The first-order valence-electron chi connectivity index (χ1n) is 5.44. The Labute approximate surface area is 104 Å². The topological polar surface area (TPSA) is 22.1 Å². The van der Waals surface area contributed by atoms with Gasteiger partial charge in [-0.15, -0.1) is 0 Å². The molecule has 0 atom stereocenters. The van der Waals surface area contributed by atoms with Crippen molar-refractivity contribution >= 4 is 26.8 Å². The van der Waals surface area contributed by atoms with Crippen LogP contribution in [0.5, 0.6) is 5.75 Å². The van der Waals surface area contributed by atoms with Gasteiger partial charge in [0.2, 0.25) is 0 Å². The van der Waals surface area contributed by atoms with Crippen LogP contribution in [0.3, 0.4) is 0 Å².